The van der Waals surface area contributed by atoms with Crippen LogP contribution in [0.2, 0.25) is 0 Å². The number of aromatic nitrogens is 2. The predicted molar refractivity (Wildman–Crippen MR) is 124 cm³/mol. The van der Waals surface area contributed by atoms with Gasteiger partial charge in [0.05, 0.1) is 22.9 Å². The van der Waals surface area contributed by atoms with Gasteiger partial charge in [0.15, 0.2) is 0 Å². The summed E-state index contributed by atoms with van der Waals surface area (Å²) in [7, 11) is -4.42. The SMILES string of the molecule is CCn1nc(Oc2ccc(C#N)cc2)cc1-c1cccc(C(C)(C)NS(=O)(=O)NCC(F)(F)F)c1. The molecule has 1 heterocycles. The topological polar surface area (TPSA) is 109 Å². The van der Waals surface area contributed by atoms with Crippen LogP contribution in [0.5, 0.6) is 11.6 Å². The first-order valence-corrected chi connectivity index (χ1v) is 12.0. The number of nitriles is 1. The molecule has 2 N–H and O–H groups in total. The predicted octanol–water partition coefficient (Wildman–Crippen LogP) is 4.46. The number of alkyl halides is 3. The quantitative estimate of drug-likeness (QED) is 0.445. The second-order valence-electron chi connectivity index (χ2n) is 8.17. The first kappa shape index (κ1) is 26.2. The molecule has 3 rings (SSSR count). The van der Waals surface area contributed by atoms with E-state index >= 15 is 0 Å². The van der Waals surface area contributed by atoms with E-state index in [1.807, 2.05) is 19.1 Å². The van der Waals surface area contributed by atoms with E-state index in [1.54, 1.807) is 67.1 Å². The molecule has 0 aliphatic carbocycles. The molecule has 0 saturated heterocycles. The molecular formula is C23H24F3N5O3S. The Morgan fingerprint density at radius 3 is 2.40 bits per heavy atom. The maximum atomic E-state index is 12.4. The number of nitrogens with one attached hydrogen (secondary N) is 2. The molecule has 3 aromatic rings. The van der Waals surface area contributed by atoms with Gasteiger partial charge >= 0.3 is 6.18 Å². The van der Waals surface area contributed by atoms with Gasteiger partial charge in [-0.1, -0.05) is 18.2 Å². The fraction of sp³-hybridized carbons (Fsp3) is 0.304. The Morgan fingerprint density at radius 1 is 1.11 bits per heavy atom. The second kappa shape index (κ2) is 10.1. The Kier molecular flexibility index (Phi) is 7.54. The van der Waals surface area contributed by atoms with Crippen molar-refractivity contribution in [1.29, 1.82) is 5.26 Å². The van der Waals surface area contributed by atoms with Gasteiger partial charge < -0.3 is 4.74 Å². The summed E-state index contributed by atoms with van der Waals surface area (Å²) in [6.45, 7) is 3.85. The minimum absolute atomic E-state index is 0.327. The molecule has 0 bridgehead atoms. The molecule has 0 saturated carbocycles. The maximum Gasteiger partial charge on any atom is 0.402 e. The molecule has 1 aromatic heterocycles. The van der Waals surface area contributed by atoms with Crippen molar-refractivity contribution in [2.45, 2.75) is 39.0 Å². The van der Waals surface area contributed by atoms with Crippen molar-refractivity contribution in [3.05, 3.63) is 65.7 Å². The maximum absolute atomic E-state index is 12.4. The van der Waals surface area contributed by atoms with Crippen LogP contribution in [0.4, 0.5) is 13.2 Å². The Balaban J connectivity index is 1.85. The summed E-state index contributed by atoms with van der Waals surface area (Å²) in [4.78, 5) is 0. The highest BCUT2D eigenvalue weighted by Crippen LogP contribution is 2.30. The zero-order valence-corrected chi connectivity index (χ0v) is 20.0. The fourth-order valence-electron chi connectivity index (χ4n) is 3.31. The number of ether oxygens (including phenoxy) is 1. The molecular weight excluding hydrogens is 483 g/mol. The smallest absolute Gasteiger partial charge is 0.402 e. The third kappa shape index (κ3) is 7.05. The monoisotopic (exact) mass is 507 g/mol. The van der Waals surface area contributed by atoms with Gasteiger partial charge in [0.1, 0.15) is 12.3 Å². The van der Waals surface area contributed by atoms with Crippen LogP contribution >= 0.6 is 0 Å². The van der Waals surface area contributed by atoms with Crippen molar-refractivity contribution >= 4 is 10.2 Å². The lowest BCUT2D eigenvalue weighted by Gasteiger charge is -2.27. The number of nitrogens with zero attached hydrogens (tertiary/aromatic N) is 3. The summed E-state index contributed by atoms with van der Waals surface area (Å²) < 4.78 is 73.0. The lowest BCUT2D eigenvalue weighted by atomic mass is 9.93. The van der Waals surface area contributed by atoms with Gasteiger partial charge in [-0.25, -0.2) is 0 Å². The molecule has 2 aromatic carbocycles. The minimum Gasteiger partial charge on any atom is -0.438 e. The summed E-state index contributed by atoms with van der Waals surface area (Å²) >= 11 is 0. The Labute approximate surface area is 201 Å². The summed E-state index contributed by atoms with van der Waals surface area (Å²) in [5, 5.41) is 13.4. The van der Waals surface area contributed by atoms with Crippen molar-refractivity contribution in [2.75, 3.05) is 6.54 Å². The van der Waals surface area contributed by atoms with Crippen molar-refractivity contribution in [3.8, 4) is 29.0 Å². The lowest BCUT2D eigenvalue weighted by molar-refractivity contribution is -0.121. The third-order valence-electron chi connectivity index (χ3n) is 5.00. The molecule has 0 radical (unpaired) electrons. The standard InChI is InChI=1S/C23H24F3N5O3S/c1-4-31-20(13-21(29-31)34-19-10-8-16(14-27)9-11-19)17-6-5-7-18(12-17)22(2,3)30-35(32,33)28-15-23(24,25)26/h5-13,28,30H,4,15H2,1-3H3. The van der Waals surface area contributed by atoms with E-state index < -0.39 is 28.5 Å². The van der Waals surface area contributed by atoms with Gasteiger partial charge in [0.2, 0.25) is 5.88 Å². The van der Waals surface area contributed by atoms with Crippen LogP contribution < -0.4 is 14.2 Å². The second-order valence-corrected chi connectivity index (χ2v) is 9.67. The van der Waals surface area contributed by atoms with E-state index in [1.165, 1.54) is 4.72 Å². The van der Waals surface area contributed by atoms with E-state index in [0.717, 1.165) is 0 Å². The first-order chi connectivity index (χ1) is 16.3. The zero-order valence-electron chi connectivity index (χ0n) is 19.2. The number of hydrogen-bond donors (Lipinski definition) is 2. The highest BCUT2D eigenvalue weighted by atomic mass is 32.2. The van der Waals surface area contributed by atoms with E-state index in [4.69, 9.17) is 10.00 Å². The van der Waals surface area contributed by atoms with Crippen molar-refractivity contribution in [3.63, 3.8) is 0 Å². The van der Waals surface area contributed by atoms with Gasteiger partial charge in [0, 0.05) is 18.2 Å². The summed E-state index contributed by atoms with van der Waals surface area (Å²) in [5.74, 6) is 0.834. The summed E-state index contributed by atoms with van der Waals surface area (Å²) in [6, 6.07) is 17.3. The van der Waals surface area contributed by atoms with Gasteiger partial charge in [-0.3, -0.25) is 4.68 Å². The van der Waals surface area contributed by atoms with E-state index in [-0.39, 0.29) is 0 Å². The lowest BCUT2D eigenvalue weighted by Crippen LogP contribution is -2.48. The average molecular weight is 508 g/mol. The van der Waals surface area contributed by atoms with Crippen molar-refractivity contribution in [2.24, 2.45) is 0 Å². The number of rotatable bonds is 9. The Morgan fingerprint density at radius 2 is 1.80 bits per heavy atom. The van der Waals surface area contributed by atoms with Crippen LogP contribution in [0.25, 0.3) is 11.3 Å². The van der Waals surface area contributed by atoms with Gasteiger partial charge in [-0.15, -0.1) is 5.10 Å². The highest BCUT2D eigenvalue weighted by Gasteiger charge is 2.32. The number of benzene rings is 2. The number of aryl methyl sites for hydroxylation is 1. The summed E-state index contributed by atoms with van der Waals surface area (Å²) in [6.07, 6.45) is -4.67. The third-order valence-corrected chi connectivity index (χ3v) is 6.30. The van der Waals surface area contributed by atoms with Gasteiger partial charge in [-0.05, 0) is 56.7 Å². The summed E-state index contributed by atoms with van der Waals surface area (Å²) in [5.41, 5.74) is 1.23. The molecule has 0 unspecified atom stereocenters. The van der Waals surface area contributed by atoms with Gasteiger partial charge in [-0.2, -0.15) is 36.3 Å². The molecule has 35 heavy (non-hydrogen) atoms. The van der Waals surface area contributed by atoms with Crippen LogP contribution in [0.3, 0.4) is 0 Å². The molecule has 0 aliphatic heterocycles. The fourth-order valence-corrected chi connectivity index (χ4v) is 4.53. The Hall–Kier alpha value is -3.40. The average Bonchev–Trinajstić information content (AvgIpc) is 3.20. The van der Waals surface area contributed by atoms with Crippen molar-refractivity contribution in [1.82, 2.24) is 19.2 Å². The van der Waals surface area contributed by atoms with Crippen LogP contribution in [-0.2, 0) is 22.3 Å². The van der Waals surface area contributed by atoms with E-state index in [0.29, 0.717) is 40.6 Å². The molecule has 0 aliphatic rings. The Bertz CT molecular complexity index is 1330. The van der Waals surface area contributed by atoms with Crippen LogP contribution in [0.1, 0.15) is 31.9 Å². The molecule has 0 spiro atoms. The van der Waals surface area contributed by atoms with Gasteiger partial charge in [0.25, 0.3) is 10.2 Å². The normalized spacial score (nSPS) is 12.4. The molecule has 12 heteroatoms. The van der Waals surface area contributed by atoms with Crippen molar-refractivity contribution < 1.29 is 26.3 Å². The highest BCUT2D eigenvalue weighted by molar-refractivity contribution is 7.87. The van der Waals surface area contributed by atoms with Crippen LogP contribution in [0.15, 0.2) is 54.6 Å². The minimum atomic E-state index is -4.67. The first-order valence-electron chi connectivity index (χ1n) is 10.5. The molecule has 0 atom stereocenters. The number of hydrogen-bond acceptors (Lipinski definition) is 5. The molecule has 186 valence electrons. The molecule has 0 amide bonds. The molecule has 8 nitrogen and oxygen atoms in total. The largest absolute Gasteiger partial charge is 0.438 e. The van der Waals surface area contributed by atoms with Crippen LogP contribution in [0, 0.1) is 11.3 Å². The zero-order chi connectivity index (χ0) is 25.9. The van der Waals surface area contributed by atoms with E-state index in [2.05, 4.69) is 9.82 Å². The molecule has 0 fully saturated rings. The van der Waals surface area contributed by atoms with E-state index in [9.17, 15) is 21.6 Å². The van der Waals surface area contributed by atoms with Crippen LogP contribution in [-0.4, -0.2) is 30.9 Å². The number of halogens is 3.